The first-order valence-corrected chi connectivity index (χ1v) is 14.4. The lowest BCUT2D eigenvalue weighted by Gasteiger charge is -2.66. The summed E-state index contributed by atoms with van der Waals surface area (Å²) in [6.45, 7) is 13.6. The van der Waals surface area contributed by atoms with Gasteiger partial charge in [-0.25, -0.2) is 0 Å². The van der Waals surface area contributed by atoms with Crippen LogP contribution in [0.3, 0.4) is 0 Å². The van der Waals surface area contributed by atoms with E-state index in [2.05, 4.69) is 34.6 Å². The highest BCUT2D eigenvalue weighted by Crippen LogP contribution is 2.69. The third-order valence-electron chi connectivity index (χ3n) is 11.6. The van der Waals surface area contributed by atoms with Crippen molar-refractivity contribution >= 4 is 5.97 Å². The molecule has 0 bridgehead atoms. The Bertz CT molecular complexity index is 735. The van der Waals surface area contributed by atoms with E-state index in [0.29, 0.717) is 23.7 Å². The summed E-state index contributed by atoms with van der Waals surface area (Å²) >= 11 is 0. The highest BCUT2D eigenvalue weighted by molar-refractivity contribution is 5.66. The highest BCUT2D eigenvalue weighted by Gasteiger charge is 2.68. The van der Waals surface area contributed by atoms with Crippen LogP contribution in [0.4, 0.5) is 0 Å². The zero-order chi connectivity index (χ0) is 24.9. The fraction of sp³-hybridized carbons (Fsp3) is 0.967. The molecule has 4 heteroatoms. The molecule has 4 aliphatic rings. The van der Waals surface area contributed by atoms with Gasteiger partial charge in [-0.1, -0.05) is 53.9 Å². The van der Waals surface area contributed by atoms with E-state index in [1.54, 1.807) is 7.11 Å². The van der Waals surface area contributed by atoms with Crippen molar-refractivity contribution < 1.29 is 19.4 Å². The molecule has 1 N–H and O–H groups in total. The number of fused-ring (bicyclic) bond motifs is 5. The Kier molecular flexibility index (Phi) is 7.54. The van der Waals surface area contributed by atoms with E-state index >= 15 is 0 Å². The van der Waals surface area contributed by atoms with E-state index < -0.39 is 5.60 Å². The molecule has 4 rings (SSSR count). The molecule has 4 saturated carbocycles. The fourth-order valence-electron chi connectivity index (χ4n) is 9.87. The molecule has 0 spiro atoms. The predicted octanol–water partition coefficient (Wildman–Crippen LogP) is 6.78. The molecule has 196 valence electrons. The molecular formula is C30H52O4. The van der Waals surface area contributed by atoms with Crippen molar-refractivity contribution in [2.75, 3.05) is 7.11 Å². The molecule has 4 nitrogen and oxygen atoms in total. The Balaban J connectivity index is 1.54. The van der Waals surface area contributed by atoms with E-state index in [9.17, 15) is 9.90 Å². The number of carbonyl (C=O) groups excluding carboxylic acids is 1. The van der Waals surface area contributed by atoms with Gasteiger partial charge in [-0.3, -0.25) is 4.79 Å². The average Bonchev–Trinajstić information content (AvgIpc) is 3.11. The number of methoxy groups -OCH3 is 1. The van der Waals surface area contributed by atoms with Crippen LogP contribution in [0, 0.1) is 46.3 Å². The largest absolute Gasteiger partial charge is 0.462 e. The van der Waals surface area contributed by atoms with E-state index in [1.807, 2.05) is 0 Å². The summed E-state index contributed by atoms with van der Waals surface area (Å²) in [5.41, 5.74) is -0.663. The van der Waals surface area contributed by atoms with Crippen LogP contribution in [-0.4, -0.2) is 36.0 Å². The van der Waals surface area contributed by atoms with Crippen molar-refractivity contribution in [2.45, 2.75) is 130 Å². The van der Waals surface area contributed by atoms with Gasteiger partial charge < -0.3 is 14.6 Å². The van der Waals surface area contributed by atoms with Crippen molar-refractivity contribution in [1.82, 2.24) is 0 Å². The second-order valence-electron chi connectivity index (χ2n) is 13.7. The van der Waals surface area contributed by atoms with Crippen LogP contribution >= 0.6 is 0 Å². The number of carbonyl (C=O) groups is 1. The second kappa shape index (κ2) is 9.69. The van der Waals surface area contributed by atoms with Crippen LogP contribution in [0.5, 0.6) is 0 Å². The fourth-order valence-corrected chi connectivity index (χ4v) is 9.87. The molecule has 0 aromatic rings. The van der Waals surface area contributed by atoms with Crippen molar-refractivity contribution in [3.8, 4) is 0 Å². The van der Waals surface area contributed by atoms with Crippen molar-refractivity contribution in [3.63, 3.8) is 0 Å². The Morgan fingerprint density at radius 3 is 2.41 bits per heavy atom. The van der Waals surface area contributed by atoms with Crippen LogP contribution in [0.15, 0.2) is 0 Å². The van der Waals surface area contributed by atoms with Crippen molar-refractivity contribution in [1.29, 1.82) is 0 Å². The first kappa shape index (κ1) is 26.5. The van der Waals surface area contributed by atoms with E-state index in [0.717, 1.165) is 42.9 Å². The van der Waals surface area contributed by atoms with Crippen molar-refractivity contribution in [3.05, 3.63) is 0 Å². The summed E-state index contributed by atoms with van der Waals surface area (Å²) in [6, 6.07) is 0. The number of aliphatic hydroxyl groups is 1. The molecule has 0 amide bonds. The Morgan fingerprint density at radius 1 is 1.03 bits per heavy atom. The molecule has 0 aromatic heterocycles. The maximum Gasteiger partial charge on any atom is 0.302 e. The molecule has 0 saturated heterocycles. The van der Waals surface area contributed by atoms with E-state index in [-0.39, 0.29) is 23.6 Å². The summed E-state index contributed by atoms with van der Waals surface area (Å²) in [6.07, 6.45) is 12.2. The molecule has 0 radical (unpaired) electrons. The van der Waals surface area contributed by atoms with Crippen LogP contribution in [-0.2, 0) is 14.3 Å². The van der Waals surface area contributed by atoms with Gasteiger partial charge in [-0.2, -0.15) is 0 Å². The maximum atomic E-state index is 12.2. The summed E-state index contributed by atoms with van der Waals surface area (Å²) in [5, 5.41) is 12.2. The molecule has 0 heterocycles. The third-order valence-corrected chi connectivity index (χ3v) is 11.6. The van der Waals surface area contributed by atoms with Crippen molar-refractivity contribution in [2.24, 2.45) is 46.3 Å². The van der Waals surface area contributed by atoms with Crippen LogP contribution in [0.25, 0.3) is 0 Å². The Labute approximate surface area is 208 Å². The van der Waals surface area contributed by atoms with Crippen LogP contribution < -0.4 is 0 Å². The van der Waals surface area contributed by atoms with Gasteiger partial charge in [0.2, 0.25) is 0 Å². The lowest BCUT2D eigenvalue weighted by molar-refractivity contribution is -0.271. The molecule has 0 aliphatic heterocycles. The minimum absolute atomic E-state index is 0.171. The van der Waals surface area contributed by atoms with E-state index in [1.165, 1.54) is 51.9 Å². The van der Waals surface area contributed by atoms with Crippen LogP contribution in [0.2, 0.25) is 0 Å². The topological polar surface area (TPSA) is 55.8 Å². The summed E-state index contributed by atoms with van der Waals surface area (Å²) in [7, 11) is 1.77. The first-order chi connectivity index (χ1) is 16.0. The molecule has 0 unspecified atom stereocenters. The smallest absolute Gasteiger partial charge is 0.302 e. The number of hydrogen-bond acceptors (Lipinski definition) is 4. The monoisotopic (exact) mass is 476 g/mol. The summed E-state index contributed by atoms with van der Waals surface area (Å²) in [5.74, 6) is 4.11. The second-order valence-corrected chi connectivity index (χ2v) is 13.7. The van der Waals surface area contributed by atoms with Gasteiger partial charge in [-0.15, -0.1) is 0 Å². The predicted molar refractivity (Wildman–Crippen MR) is 136 cm³/mol. The Hall–Kier alpha value is -0.610. The number of rotatable bonds is 7. The first-order valence-electron chi connectivity index (χ1n) is 14.4. The lowest BCUT2D eigenvalue weighted by Crippen LogP contribution is -2.69. The summed E-state index contributed by atoms with van der Waals surface area (Å²) in [4.78, 5) is 11.6. The van der Waals surface area contributed by atoms with Gasteiger partial charge in [0.05, 0.1) is 11.7 Å². The molecule has 4 aliphatic carbocycles. The average molecular weight is 477 g/mol. The summed E-state index contributed by atoms with van der Waals surface area (Å²) < 4.78 is 11.7. The molecule has 4 fully saturated rings. The minimum Gasteiger partial charge on any atom is -0.462 e. The van der Waals surface area contributed by atoms with Gasteiger partial charge >= 0.3 is 5.97 Å². The number of esters is 1. The standard InChI is InChI=1S/C30H52O4/c1-19(2)9-8-10-20(3)24-11-12-25-23-17-27(33-7)30(32)18-22(34-21(4)31)13-16-29(30,6)26(23)14-15-28(24,25)5/h19-20,22-27,32H,8-18H2,1-7H3/t20-,22+,23+,24-,25+,26+,27-,28-,29-,30+/m1/s1. The van der Waals surface area contributed by atoms with Gasteiger partial charge in [0.1, 0.15) is 6.10 Å². The van der Waals surface area contributed by atoms with Gasteiger partial charge in [0.15, 0.2) is 0 Å². The molecule has 34 heavy (non-hydrogen) atoms. The quantitative estimate of drug-likeness (QED) is 0.412. The zero-order valence-electron chi connectivity index (χ0n) is 23.1. The van der Waals surface area contributed by atoms with Gasteiger partial charge in [0.25, 0.3) is 0 Å². The molecule has 0 aromatic carbocycles. The van der Waals surface area contributed by atoms with Crippen LogP contribution in [0.1, 0.15) is 112 Å². The Morgan fingerprint density at radius 2 is 1.76 bits per heavy atom. The number of ether oxygens (including phenoxy) is 2. The molecular weight excluding hydrogens is 424 g/mol. The third kappa shape index (κ3) is 4.27. The molecule has 10 atom stereocenters. The maximum absolute atomic E-state index is 12.2. The normalized spacial score (nSPS) is 47.0. The SMILES string of the molecule is CO[C@@H]1C[C@H]2[C@@H]3CC[C@H]([C@H](C)CCCC(C)C)[C@@]3(C)CC[C@@H]2[C@@]2(C)CC[C@H](OC(C)=O)C[C@]12O. The lowest BCUT2D eigenvalue weighted by atomic mass is 9.42. The zero-order valence-corrected chi connectivity index (χ0v) is 23.1. The minimum atomic E-state index is -0.919. The van der Waals surface area contributed by atoms with E-state index in [4.69, 9.17) is 9.47 Å². The number of hydrogen-bond donors (Lipinski definition) is 1. The van der Waals surface area contributed by atoms with Gasteiger partial charge in [-0.05, 0) is 85.9 Å². The van der Waals surface area contributed by atoms with Gasteiger partial charge in [0, 0.05) is 25.9 Å². The highest BCUT2D eigenvalue weighted by atomic mass is 16.5.